The van der Waals surface area contributed by atoms with E-state index >= 15 is 0 Å². The van der Waals surface area contributed by atoms with Gasteiger partial charge in [0.1, 0.15) is 26.7 Å². The predicted molar refractivity (Wildman–Crippen MR) is 83.2 cm³/mol. The standard InChI is InChI=1S/C15H12ClNO2S/c1-18-11-7-8-12(19-2)14-13(11)17-15(20-14)9-3-5-10(16)6-4-9/h3-8H,1-2H3. The number of nitrogens with zero attached hydrogens (tertiary/aromatic N) is 1. The molecule has 2 aromatic carbocycles. The zero-order valence-electron chi connectivity index (χ0n) is 11.0. The zero-order chi connectivity index (χ0) is 14.1. The number of hydrogen-bond acceptors (Lipinski definition) is 4. The number of halogens is 1. The molecule has 0 bridgehead atoms. The third kappa shape index (κ3) is 2.21. The summed E-state index contributed by atoms with van der Waals surface area (Å²) >= 11 is 7.49. The van der Waals surface area contributed by atoms with E-state index < -0.39 is 0 Å². The molecule has 5 heteroatoms. The van der Waals surface area contributed by atoms with Crippen LogP contribution in [-0.2, 0) is 0 Å². The molecule has 0 fully saturated rings. The van der Waals surface area contributed by atoms with Crippen molar-refractivity contribution in [2.24, 2.45) is 0 Å². The fourth-order valence-corrected chi connectivity index (χ4v) is 3.21. The van der Waals surface area contributed by atoms with Gasteiger partial charge >= 0.3 is 0 Å². The lowest BCUT2D eigenvalue weighted by atomic mass is 10.2. The Bertz CT molecular complexity index is 711. The van der Waals surface area contributed by atoms with Crippen molar-refractivity contribution in [3.63, 3.8) is 0 Å². The van der Waals surface area contributed by atoms with E-state index in [2.05, 4.69) is 4.98 Å². The minimum Gasteiger partial charge on any atom is -0.495 e. The van der Waals surface area contributed by atoms with Gasteiger partial charge in [-0.3, -0.25) is 0 Å². The van der Waals surface area contributed by atoms with E-state index in [-0.39, 0.29) is 0 Å². The molecule has 3 rings (SSSR count). The molecule has 0 aliphatic rings. The topological polar surface area (TPSA) is 31.4 Å². The quantitative estimate of drug-likeness (QED) is 0.706. The Morgan fingerprint density at radius 1 is 0.950 bits per heavy atom. The molecule has 0 aliphatic heterocycles. The first-order valence-electron chi connectivity index (χ1n) is 6.00. The number of aromatic nitrogens is 1. The molecule has 3 nitrogen and oxygen atoms in total. The first-order chi connectivity index (χ1) is 9.72. The van der Waals surface area contributed by atoms with Crippen LogP contribution in [0.1, 0.15) is 0 Å². The zero-order valence-corrected chi connectivity index (χ0v) is 12.6. The van der Waals surface area contributed by atoms with E-state index in [0.29, 0.717) is 5.02 Å². The van der Waals surface area contributed by atoms with E-state index in [0.717, 1.165) is 32.3 Å². The smallest absolute Gasteiger partial charge is 0.146 e. The van der Waals surface area contributed by atoms with Gasteiger partial charge < -0.3 is 9.47 Å². The molecule has 0 radical (unpaired) electrons. The lowest BCUT2D eigenvalue weighted by Crippen LogP contribution is -1.87. The second-order valence-electron chi connectivity index (χ2n) is 4.17. The number of ether oxygens (including phenoxy) is 2. The van der Waals surface area contributed by atoms with Gasteiger partial charge in [0.15, 0.2) is 0 Å². The van der Waals surface area contributed by atoms with Crippen molar-refractivity contribution in [3.05, 3.63) is 41.4 Å². The number of methoxy groups -OCH3 is 2. The van der Waals surface area contributed by atoms with Gasteiger partial charge in [0.05, 0.1) is 14.2 Å². The number of fused-ring (bicyclic) bond motifs is 1. The molecule has 0 spiro atoms. The first-order valence-corrected chi connectivity index (χ1v) is 7.20. The summed E-state index contributed by atoms with van der Waals surface area (Å²) in [6.07, 6.45) is 0. The highest BCUT2D eigenvalue weighted by Crippen LogP contribution is 2.40. The van der Waals surface area contributed by atoms with Gasteiger partial charge in [-0.05, 0) is 24.3 Å². The minimum atomic E-state index is 0.713. The van der Waals surface area contributed by atoms with Gasteiger partial charge in [-0.2, -0.15) is 0 Å². The molecule has 0 unspecified atom stereocenters. The number of thiazole rings is 1. The lowest BCUT2D eigenvalue weighted by molar-refractivity contribution is 0.410. The number of benzene rings is 2. The maximum Gasteiger partial charge on any atom is 0.146 e. The van der Waals surface area contributed by atoms with E-state index in [4.69, 9.17) is 21.1 Å². The second-order valence-corrected chi connectivity index (χ2v) is 5.61. The Balaban J connectivity index is 2.21. The Morgan fingerprint density at radius 2 is 1.60 bits per heavy atom. The van der Waals surface area contributed by atoms with Crippen molar-refractivity contribution in [3.8, 4) is 22.1 Å². The minimum absolute atomic E-state index is 0.713. The summed E-state index contributed by atoms with van der Waals surface area (Å²) < 4.78 is 11.7. The molecule has 1 heterocycles. The second kappa shape index (κ2) is 5.31. The van der Waals surface area contributed by atoms with Crippen LogP contribution in [0.4, 0.5) is 0 Å². The maximum atomic E-state index is 5.92. The average Bonchev–Trinajstić information content (AvgIpc) is 2.92. The Kier molecular flexibility index (Phi) is 3.51. The van der Waals surface area contributed by atoms with Crippen LogP contribution in [0.5, 0.6) is 11.5 Å². The highest BCUT2D eigenvalue weighted by Gasteiger charge is 2.14. The molecular weight excluding hydrogens is 294 g/mol. The van der Waals surface area contributed by atoms with Gasteiger partial charge in [0, 0.05) is 10.6 Å². The van der Waals surface area contributed by atoms with Crippen LogP contribution in [-0.4, -0.2) is 19.2 Å². The van der Waals surface area contributed by atoms with Crippen molar-refractivity contribution < 1.29 is 9.47 Å². The molecule has 0 atom stereocenters. The molecule has 0 saturated carbocycles. The molecule has 0 aliphatic carbocycles. The van der Waals surface area contributed by atoms with E-state index in [9.17, 15) is 0 Å². The fourth-order valence-electron chi connectivity index (χ4n) is 2.00. The van der Waals surface area contributed by atoms with Crippen molar-refractivity contribution in [1.82, 2.24) is 4.98 Å². The van der Waals surface area contributed by atoms with Gasteiger partial charge in [0.25, 0.3) is 0 Å². The number of hydrogen-bond donors (Lipinski definition) is 0. The van der Waals surface area contributed by atoms with Gasteiger partial charge in [-0.1, -0.05) is 23.7 Å². The predicted octanol–water partition coefficient (Wildman–Crippen LogP) is 4.63. The van der Waals surface area contributed by atoms with Gasteiger partial charge in [0.2, 0.25) is 0 Å². The summed E-state index contributed by atoms with van der Waals surface area (Å²) in [7, 11) is 3.30. The lowest BCUT2D eigenvalue weighted by Gasteiger charge is -2.03. The summed E-state index contributed by atoms with van der Waals surface area (Å²) in [5.41, 5.74) is 1.85. The van der Waals surface area contributed by atoms with Crippen molar-refractivity contribution >= 4 is 33.2 Å². The SMILES string of the molecule is COc1ccc(OC)c2sc(-c3ccc(Cl)cc3)nc12. The van der Waals surface area contributed by atoms with Crippen LogP contribution in [0.3, 0.4) is 0 Å². The third-order valence-corrected chi connectivity index (χ3v) is 4.37. The molecule has 0 N–H and O–H groups in total. The molecule has 3 aromatic rings. The van der Waals surface area contributed by atoms with E-state index in [1.807, 2.05) is 36.4 Å². The summed E-state index contributed by atoms with van der Waals surface area (Å²) in [5.74, 6) is 1.55. The van der Waals surface area contributed by atoms with Crippen LogP contribution in [0, 0.1) is 0 Å². The van der Waals surface area contributed by atoms with E-state index in [1.54, 1.807) is 25.6 Å². The molecule has 0 saturated heterocycles. The van der Waals surface area contributed by atoms with Crippen LogP contribution in [0.15, 0.2) is 36.4 Å². The molecule has 1 aromatic heterocycles. The van der Waals surface area contributed by atoms with Crippen LogP contribution >= 0.6 is 22.9 Å². The average molecular weight is 306 g/mol. The van der Waals surface area contributed by atoms with Gasteiger partial charge in [-0.15, -0.1) is 11.3 Å². The summed E-state index contributed by atoms with van der Waals surface area (Å²) in [6.45, 7) is 0. The normalized spacial score (nSPS) is 10.8. The summed E-state index contributed by atoms with van der Waals surface area (Å²) in [4.78, 5) is 4.66. The Labute approximate surface area is 125 Å². The van der Waals surface area contributed by atoms with E-state index in [1.165, 1.54) is 0 Å². The Hall–Kier alpha value is -1.78. The fraction of sp³-hybridized carbons (Fsp3) is 0.133. The highest BCUT2D eigenvalue weighted by atomic mass is 35.5. The monoisotopic (exact) mass is 305 g/mol. The van der Waals surface area contributed by atoms with Gasteiger partial charge in [-0.25, -0.2) is 4.98 Å². The van der Waals surface area contributed by atoms with Crippen molar-refractivity contribution in [2.45, 2.75) is 0 Å². The van der Waals surface area contributed by atoms with Crippen LogP contribution in [0.2, 0.25) is 5.02 Å². The molecule has 20 heavy (non-hydrogen) atoms. The summed E-state index contributed by atoms with van der Waals surface area (Å²) in [6, 6.07) is 11.4. The molecule has 102 valence electrons. The summed E-state index contributed by atoms with van der Waals surface area (Å²) in [5, 5.41) is 1.63. The van der Waals surface area contributed by atoms with Crippen LogP contribution in [0.25, 0.3) is 20.8 Å². The maximum absolute atomic E-state index is 5.92. The number of rotatable bonds is 3. The largest absolute Gasteiger partial charge is 0.495 e. The third-order valence-electron chi connectivity index (χ3n) is 3.00. The highest BCUT2D eigenvalue weighted by molar-refractivity contribution is 7.22. The Morgan fingerprint density at radius 3 is 2.25 bits per heavy atom. The molecule has 0 amide bonds. The van der Waals surface area contributed by atoms with Crippen molar-refractivity contribution in [1.29, 1.82) is 0 Å². The first kappa shape index (κ1) is 13.2. The van der Waals surface area contributed by atoms with Crippen LogP contribution < -0.4 is 9.47 Å². The van der Waals surface area contributed by atoms with Crippen molar-refractivity contribution in [2.75, 3.05) is 14.2 Å². The molecular formula is C15H12ClNO2S.